The van der Waals surface area contributed by atoms with Crippen LogP contribution in [-0.4, -0.2) is 17.0 Å². The summed E-state index contributed by atoms with van der Waals surface area (Å²) in [6, 6.07) is 3.56. The fourth-order valence-corrected chi connectivity index (χ4v) is 2.31. The second kappa shape index (κ2) is 5.38. The number of hydrogen-bond acceptors (Lipinski definition) is 3. The molecule has 4 nitrogen and oxygen atoms in total. The molecule has 0 atom stereocenters. The molecule has 2 N–H and O–H groups in total. The van der Waals surface area contributed by atoms with Crippen LogP contribution in [0.3, 0.4) is 0 Å². The number of halogens is 2. The van der Waals surface area contributed by atoms with E-state index in [0.29, 0.717) is 0 Å². The number of thiophene rings is 1. The van der Waals surface area contributed by atoms with Gasteiger partial charge in [0.25, 0.3) is 5.91 Å². The molecule has 0 bridgehead atoms. The normalized spacial score (nSPS) is 10.3. The number of carbonyl (C=O) groups is 2. The topological polar surface area (TPSA) is 66.4 Å². The average molecular weight is 297 g/mol. The van der Waals surface area contributed by atoms with Gasteiger partial charge in [-0.25, -0.2) is 13.6 Å². The van der Waals surface area contributed by atoms with E-state index in [1.165, 1.54) is 24.4 Å². The van der Waals surface area contributed by atoms with Crippen LogP contribution in [0.2, 0.25) is 0 Å². The molecule has 0 spiro atoms. The summed E-state index contributed by atoms with van der Waals surface area (Å²) in [4.78, 5) is 22.7. The van der Waals surface area contributed by atoms with E-state index in [0.717, 1.165) is 17.4 Å². The van der Waals surface area contributed by atoms with Crippen LogP contribution in [0, 0.1) is 18.6 Å². The smallest absolute Gasteiger partial charge is 0.348 e. The molecule has 0 aliphatic carbocycles. The fourth-order valence-electron chi connectivity index (χ4n) is 1.62. The maximum atomic E-state index is 13.8. The highest BCUT2D eigenvalue weighted by molar-refractivity contribution is 7.12. The summed E-state index contributed by atoms with van der Waals surface area (Å²) >= 11 is 0.905. The minimum atomic E-state index is -1.22. The predicted molar refractivity (Wildman–Crippen MR) is 70.3 cm³/mol. The molecule has 0 saturated heterocycles. The second-order valence-corrected chi connectivity index (χ2v) is 4.89. The van der Waals surface area contributed by atoms with Gasteiger partial charge in [0.15, 0.2) is 0 Å². The van der Waals surface area contributed by atoms with E-state index in [4.69, 9.17) is 5.11 Å². The number of amides is 1. The number of anilines is 1. The molecule has 0 aliphatic heterocycles. The van der Waals surface area contributed by atoms with Crippen LogP contribution in [0.15, 0.2) is 23.6 Å². The lowest BCUT2D eigenvalue weighted by molar-refractivity contribution is 0.0703. The number of aryl methyl sites for hydroxylation is 1. The Bertz CT molecular complexity index is 697. The lowest BCUT2D eigenvalue weighted by atomic mass is 10.1. The van der Waals surface area contributed by atoms with Crippen molar-refractivity contribution in [2.24, 2.45) is 0 Å². The molecule has 20 heavy (non-hydrogen) atoms. The van der Waals surface area contributed by atoms with E-state index in [1.54, 1.807) is 0 Å². The summed E-state index contributed by atoms with van der Waals surface area (Å²) in [6.07, 6.45) is 0. The zero-order valence-corrected chi connectivity index (χ0v) is 11.1. The van der Waals surface area contributed by atoms with E-state index in [-0.39, 0.29) is 16.1 Å². The molecule has 1 heterocycles. The van der Waals surface area contributed by atoms with Crippen molar-refractivity contribution in [2.45, 2.75) is 6.92 Å². The van der Waals surface area contributed by atoms with Crippen molar-refractivity contribution >= 4 is 28.9 Å². The minimum Gasteiger partial charge on any atom is -0.477 e. The van der Waals surface area contributed by atoms with Crippen molar-refractivity contribution < 1.29 is 23.5 Å². The first-order chi connectivity index (χ1) is 9.41. The zero-order valence-electron chi connectivity index (χ0n) is 10.2. The number of carboxylic acids is 1. The lowest BCUT2D eigenvalue weighted by Gasteiger charge is -2.08. The van der Waals surface area contributed by atoms with Crippen LogP contribution in [0.25, 0.3) is 0 Å². The van der Waals surface area contributed by atoms with E-state index in [2.05, 4.69) is 5.32 Å². The molecular weight excluding hydrogens is 288 g/mol. The molecule has 104 valence electrons. The third-order valence-corrected chi connectivity index (χ3v) is 3.52. The Labute approximate surface area is 116 Å². The van der Waals surface area contributed by atoms with Gasteiger partial charge in [0.2, 0.25) is 0 Å². The zero-order chi connectivity index (χ0) is 14.9. The molecule has 7 heteroatoms. The minimum absolute atomic E-state index is 0.00723. The highest BCUT2D eigenvalue weighted by atomic mass is 32.1. The summed E-state index contributed by atoms with van der Waals surface area (Å²) in [5.41, 5.74) is -0.597. The number of aromatic carboxylic acids is 1. The Kier molecular flexibility index (Phi) is 3.80. The molecule has 0 radical (unpaired) electrons. The first-order valence-corrected chi connectivity index (χ1v) is 6.36. The Balaban J connectivity index is 2.36. The third-order valence-electron chi connectivity index (χ3n) is 2.62. The first-order valence-electron chi connectivity index (χ1n) is 5.48. The number of carbonyl (C=O) groups excluding carboxylic acids is 1. The largest absolute Gasteiger partial charge is 0.477 e. The summed E-state index contributed by atoms with van der Waals surface area (Å²) in [6.45, 7) is 1.40. The number of hydrogen-bond donors (Lipinski definition) is 2. The van der Waals surface area contributed by atoms with Crippen molar-refractivity contribution in [2.75, 3.05) is 5.32 Å². The molecule has 0 unspecified atom stereocenters. The number of carboxylic acid groups (broad SMARTS) is 1. The van der Waals surface area contributed by atoms with Gasteiger partial charge in [-0.2, -0.15) is 0 Å². The molecule has 0 saturated carbocycles. The van der Waals surface area contributed by atoms with Gasteiger partial charge in [-0.1, -0.05) is 6.07 Å². The number of nitrogens with one attached hydrogen (secondary N) is 1. The van der Waals surface area contributed by atoms with Crippen LogP contribution in [0.1, 0.15) is 25.6 Å². The summed E-state index contributed by atoms with van der Waals surface area (Å²) < 4.78 is 27.3. The standard InChI is InChI=1S/C13H9F2NO3S/c1-6-2-3-7(14)9(10(6)15)12(17)16-8-4-5-20-11(8)13(18)19/h2-5H,1H3,(H,16,17)(H,18,19). The molecular formula is C13H9F2NO3S. The molecule has 1 amide bonds. The molecule has 2 rings (SSSR count). The maximum absolute atomic E-state index is 13.8. The van der Waals surface area contributed by atoms with Crippen LogP contribution < -0.4 is 5.32 Å². The van der Waals surface area contributed by atoms with Gasteiger partial charge in [0.05, 0.1) is 5.69 Å². The van der Waals surface area contributed by atoms with Gasteiger partial charge in [-0.05, 0) is 30.0 Å². The molecule has 0 fully saturated rings. The quantitative estimate of drug-likeness (QED) is 0.913. The first kappa shape index (κ1) is 14.1. The van der Waals surface area contributed by atoms with Gasteiger partial charge in [-0.3, -0.25) is 4.79 Å². The van der Waals surface area contributed by atoms with E-state index >= 15 is 0 Å². The molecule has 1 aromatic carbocycles. The van der Waals surface area contributed by atoms with E-state index in [1.807, 2.05) is 0 Å². The summed E-state index contributed by atoms with van der Waals surface area (Å²) in [5.74, 6) is -4.21. The van der Waals surface area contributed by atoms with Gasteiger partial charge in [-0.15, -0.1) is 11.3 Å². The molecule has 2 aromatic rings. The predicted octanol–water partition coefficient (Wildman–Crippen LogP) is 3.29. The van der Waals surface area contributed by atoms with Gasteiger partial charge >= 0.3 is 5.97 Å². The summed E-state index contributed by atoms with van der Waals surface area (Å²) in [5, 5.41) is 12.6. The Morgan fingerprint density at radius 3 is 2.60 bits per heavy atom. The summed E-state index contributed by atoms with van der Waals surface area (Å²) in [7, 11) is 0. The highest BCUT2D eigenvalue weighted by Gasteiger charge is 2.21. The number of benzene rings is 1. The van der Waals surface area contributed by atoms with Gasteiger partial charge in [0, 0.05) is 0 Å². The number of rotatable bonds is 3. The average Bonchev–Trinajstić information content (AvgIpc) is 2.82. The Morgan fingerprint density at radius 2 is 1.95 bits per heavy atom. The monoisotopic (exact) mass is 297 g/mol. The SMILES string of the molecule is Cc1ccc(F)c(C(=O)Nc2ccsc2C(=O)O)c1F. The van der Waals surface area contributed by atoms with Crippen molar-refractivity contribution in [3.8, 4) is 0 Å². The van der Waals surface area contributed by atoms with Crippen molar-refractivity contribution in [3.63, 3.8) is 0 Å². The second-order valence-electron chi connectivity index (χ2n) is 3.98. The fraction of sp³-hybridized carbons (Fsp3) is 0.0769. The Morgan fingerprint density at radius 1 is 1.25 bits per heavy atom. The maximum Gasteiger partial charge on any atom is 0.348 e. The Hall–Kier alpha value is -2.28. The van der Waals surface area contributed by atoms with Gasteiger partial charge in [0.1, 0.15) is 22.1 Å². The van der Waals surface area contributed by atoms with Crippen LogP contribution in [-0.2, 0) is 0 Å². The van der Waals surface area contributed by atoms with Crippen LogP contribution >= 0.6 is 11.3 Å². The van der Waals surface area contributed by atoms with Crippen LogP contribution in [0.5, 0.6) is 0 Å². The van der Waals surface area contributed by atoms with Crippen molar-refractivity contribution in [1.29, 1.82) is 0 Å². The van der Waals surface area contributed by atoms with Crippen molar-refractivity contribution in [1.82, 2.24) is 0 Å². The lowest BCUT2D eigenvalue weighted by Crippen LogP contribution is -2.17. The van der Waals surface area contributed by atoms with E-state index in [9.17, 15) is 18.4 Å². The van der Waals surface area contributed by atoms with Crippen LogP contribution in [0.4, 0.5) is 14.5 Å². The molecule has 0 aliphatic rings. The van der Waals surface area contributed by atoms with Gasteiger partial charge < -0.3 is 10.4 Å². The van der Waals surface area contributed by atoms with Crippen molar-refractivity contribution in [3.05, 3.63) is 51.2 Å². The third kappa shape index (κ3) is 2.53. The highest BCUT2D eigenvalue weighted by Crippen LogP contribution is 2.24. The van der Waals surface area contributed by atoms with E-state index < -0.39 is 29.1 Å². The molecule has 1 aromatic heterocycles.